The van der Waals surface area contributed by atoms with Crippen molar-refractivity contribution < 1.29 is 5.11 Å². The molecule has 4 aromatic rings. The Morgan fingerprint density at radius 3 is 2.39 bits per heavy atom. The summed E-state index contributed by atoms with van der Waals surface area (Å²) in [7, 11) is 0. The number of nitrogens with zero attached hydrogens (tertiary/aromatic N) is 2. The minimum absolute atomic E-state index is 0.582. The Labute approximate surface area is 165 Å². The predicted molar refractivity (Wildman–Crippen MR) is 113 cm³/mol. The van der Waals surface area contributed by atoms with Crippen LogP contribution in [0.2, 0.25) is 0 Å². The summed E-state index contributed by atoms with van der Waals surface area (Å²) in [5.74, 6) is 0. The van der Waals surface area contributed by atoms with Gasteiger partial charge in [0.1, 0.15) is 11.9 Å². The van der Waals surface area contributed by atoms with Gasteiger partial charge in [-0.15, -0.1) is 0 Å². The highest BCUT2D eigenvalue weighted by atomic mass is 16.3. The summed E-state index contributed by atoms with van der Waals surface area (Å²) in [4.78, 5) is 4.66. The first-order chi connectivity index (χ1) is 13.7. The van der Waals surface area contributed by atoms with Gasteiger partial charge in [0.25, 0.3) is 0 Å². The first-order valence-corrected chi connectivity index (χ1v) is 9.69. The molecule has 2 aromatic carbocycles. The highest BCUT2D eigenvalue weighted by Gasteiger charge is 2.18. The van der Waals surface area contributed by atoms with Crippen LogP contribution in [0.5, 0.6) is 0 Å². The second kappa shape index (κ2) is 7.97. The molecule has 0 aliphatic carbocycles. The van der Waals surface area contributed by atoms with Gasteiger partial charge in [-0.25, -0.2) is 4.98 Å². The van der Waals surface area contributed by atoms with E-state index in [2.05, 4.69) is 53.6 Å². The molecule has 0 aliphatic rings. The molecule has 2 heterocycles. The van der Waals surface area contributed by atoms with Crippen LogP contribution >= 0.6 is 0 Å². The third-order valence-electron chi connectivity index (χ3n) is 5.03. The number of rotatable bonds is 6. The zero-order valence-electron chi connectivity index (χ0n) is 16.3. The van der Waals surface area contributed by atoms with Gasteiger partial charge in [-0.1, -0.05) is 67.6 Å². The van der Waals surface area contributed by atoms with E-state index >= 15 is 0 Å². The number of aliphatic hydroxyl groups excluding tert-OH is 1. The van der Waals surface area contributed by atoms with Gasteiger partial charge in [0, 0.05) is 12.7 Å². The number of hydrogen-bond donors (Lipinski definition) is 2. The molecule has 0 fully saturated rings. The van der Waals surface area contributed by atoms with Crippen LogP contribution in [0.4, 0.5) is 0 Å². The second-order valence-electron chi connectivity index (χ2n) is 7.08. The van der Waals surface area contributed by atoms with Gasteiger partial charge in [-0.3, -0.25) is 9.72 Å². The molecule has 4 nitrogen and oxygen atoms in total. The van der Waals surface area contributed by atoms with E-state index in [1.807, 2.05) is 47.9 Å². The predicted octanol–water partition coefficient (Wildman–Crippen LogP) is 4.65. The molecule has 0 radical (unpaired) electrons. The quantitative estimate of drug-likeness (QED) is 0.485. The summed E-state index contributed by atoms with van der Waals surface area (Å²) in [6.07, 6.45) is 2.03. The Balaban J connectivity index is 1.51. The molecule has 0 saturated heterocycles. The second-order valence-corrected chi connectivity index (χ2v) is 7.08. The molecular weight excluding hydrogens is 346 g/mol. The van der Waals surface area contributed by atoms with Crippen molar-refractivity contribution in [3.63, 3.8) is 0 Å². The Hall–Kier alpha value is -2.95. The van der Waals surface area contributed by atoms with Crippen molar-refractivity contribution >= 4 is 5.65 Å². The van der Waals surface area contributed by atoms with Gasteiger partial charge >= 0.3 is 0 Å². The number of fused-ring (bicyclic) bond motifs is 1. The summed E-state index contributed by atoms with van der Waals surface area (Å²) in [5.41, 5.74) is 7.27. The van der Waals surface area contributed by atoms with Gasteiger partial charge in [0.2, 0.25) is 0 Å². The van der Waals surface area contributed by atoms with Gasteiger partial charge in [0.15, 0.2) is 0 Å². The topological polar surface area (TPSA) is 49.6 Å². The summed E-state index contributed by atoms with van der Waals surface area (Å²) in [6, 6.07) is 22.8. The van der Waals surface area contributed by atoms with Crippen LogP contribution in [0.25, 0.3) is 16.8 Å². The zero-order chi connectivity index (χ0) is 19.5. The minimum atomic E-state index is -0.777. The van der Waals surface area contributed by atoms with Crippen molar-refractivity contribution in [3.05, 3.63) is 95.4 Å². The number of hydrogen-bond acceptors (Lipinski definition) is 3. The lowest BCUT2D eigenvalue weighted by Crippen LogP contribution is -2.23. The van der Waals surface area contributed by atoms with E-state index in [1.54, 1.807) is 0 Å². The van der Waals surface area contributed by atoms with E-state index in [0.717, 1.165) is 34.6 Å². The van der Waals surface area contributed by atoms with Crippen molar-refractivity contribution in [3.8, 4) is 11.1 Å². The summed E-state index contributed by atoms with van der Waals surface area (Å²) >= 11 is 0. The fraction of sp³-hybridized carbons (Fsp3) is 0.208. The largest absolute Gasteiger partial charge is 0.373 e. The number of benzene rings is 2. The number of aryl methyl sites for hydroxylation is 2. The van der Waals surface area contributed by atoms with Crippen LogP contribution in [-0.2, 0) is 13.0 Å². The van der Waals surface area contributed by atoms with Crippen LogP contribution in [0.15, 0.2) is 72.9 Å². The maximum atomic E-state index is 10.8. The van der Waals surface area contributed by atoms with E-state index in [1.165, 1.54) is 11.1 Å². The number of imidazole rings is 1. The maximum absolute atomic E-state index is 10.8. The molecule has 0 bridgehead atoms. The smallest absolute Gasteiger partial charge is 0.148 e. The number of aliphatic hydroxyl groups is 1. The van der Waals surface area contributed by atoms with Gasteiger partial charge in [-0.05, 0) is 41.7 Å². The Kier molecular flexibility index (Phi) is 5.24. The van der Waals surface area contributed by atoms with Crippen LogP contribution in [0.3, 0.4) is 0 Å². The Bertz CT molecular complexity index is 1070. The fourth-order valence-electron chi connectivity index (χ4n) is 3.52. The fourth-order valence-corrected chi connectivity index (χ4v) is 3.52. The number of pyridine rings is 1. The first-order valence-electron chi connectivity index (χ1n) is 9.69. The SMILES string of the molecule is CCc1nc2ccc(C)cn2c1C(O)NCc1ccc(-c2ccccc2)cc1. The van der Waals surface area contributed by atoms with Gasteiger partial charge in [0.05, 0.1) is 11.4 Å². The third kappa shape index (κ3) is 3.70. The summed E-state index contributed by atoms with van der Waals surface area (Å²) in [5, 5.41) is 14.1. The van der Waals surface area contributed by atoms with Gasteiger partial charge < -0.3 is 5.11 Å². The molecule has 4 heteroatoms. The summed E-state index contributed by atoms with van der Waals surface area (Å²) < 4.78 is 1.99. The molecule has 1 atom stereocenters. The highest BCUT2D eigenvalue weighted by molar-refractivity contribution is 5.63. The first kappa shape index (κ1) is 18.4. The Morgan fingerprint density at radius 2 is 1.68 bits per heavy atom. The van der Waals surface area contributed by atoms with Crippen LogP contribution < -0.4 is 5.32 Å². The lowest BCUT2D eigenvalue weighted by Gasteiger charge is -2.15. The molecule has 142 valence electrons. The van der Waals surface area contributed by atoms with Crippen molar-refractivity contribution in [1.82, 2.24) is 14.7 Å². The van der Waals surface area contributed by atoms with E-state index in [-0.39, 0.29) is 0 Å². The van der Waals surface area contributed by atoms with E-state index in [9.17, 15) is 5.11 Å². The molecule has 2 N–H and O–H groups in total. The minimum Gasteiger partial charge on any atom is -0.373 e. The molecule has 0 amide bonds. The lowest BCUT2D eigenvalue weighted by atomic mass is 10.0. The standard InChI is InChI=1S/C24H25N3O/c1-3-21-23(27-16-17(2)9-14-22(27)26-21)24(28)25-15-18-10-12-20(13-11-18)19-7-5-4-6-8-19/h4-14,16,24-25,28H,3,15H2,1-2H3. The average Bonchev–Trinajstić information content (AvgIpc) is 3.11. The molecule has 0 saturated carbocycles. The molecule has 0 aliphatic heterocycles. The maximum Gasteiger partial charge on any atom is 0.148 e. The van der Waals surface area contributed by atoms with Crippen molar-refractivity contribution in [2.75, 3.05) is 0 Å². The molecule has 2 aromatic heterocycles. The van der Waals surface area contributed by atoms with Crippen LogP contribution in [-0.4, -0.2) is 14.5 Å². The van der Waals surface area contributed by atoms with E-state index in [0.29, 0.717) is 6.54 Å². The van der Waals surface area contributed by atoms with Gasteiger partial charge in [-0.2, -0.15) is 0 Å². The lowest BCUT2D eigenvalue weighted by molar-refractivity contribution is 0.130. The van der Waals surface area contributed by atoms with Crippen molar-refractivity contribution in [2.45, 2.75) is 33.0 Å². The summed E-state index contributed by atoms with van der Waals surface area (Å²) in [6.45, 7) is 4.69. The highest BCUT2D eigenvalue weighted by Crippen LogP contribution is 2.22. The molecule has 28 heavy (non-hydrogen) atoms. The monoisotopic (exact) mass is 371 g/mol. The number of aromatic nitrogens is 2. The number of nitrogens with one attached hydrogen (secondary N) is 1. The Morgan fingerprint density at radius 1 is 0.964 bits per heavy atom. The van der Waals surface area contributed by atoms with Crippen molar-refractivity contribution in [1.29, 1.82) is 0 Å². The van der Waals surface area contributed by atoms with Crippen molar-refractivity contribution in [2.24, 2.45) is 0 Å². The normalized spacial score (nSPS) is 12.4. The third-order valence-corrected chi connectivity index (χ3v) is 5.03. The average molecular weight is 371 g/mol. The molecule has 4 rings (SSSR count). The van der Waals surface area contributed by atoms with E-state index in [4.69, 9.17) is 0 Å². The molecule has 0 spiro atoms. The van der Waals surface area contributed by atoms with Crippen LogP contribution in [0.1, 0.15) is 35.7 Å². The molecule has 1 unspecified atom stereocenters. The zero-order valence-corrected chi connectivity index (χ0v) is 16.3. The van der Waals surface area contributed by atoms with E-state index < -0.39 is 6.23 Å². The molecular formula is C24H25N3O. The van der Waals surface area contributed by atoms with Crippen LogP contribution in [0, 0.1) is 6.92 Å².